The van der Waals surface area contributed by atoms with Crippen molar-refractivity contribution in [3.05, 3.63) is 34.9 Å². The molecule has 0 amide bonds. The average Bonchev–Trinajstić information content (AvgIpc) is 2.47. The molecule has 0 bridgehead atoms. The molecule has 14 heavy (non-hydrogen) atoms. The quantitative estimate of drug-likeness (QED) is 0.754. The molecule has 0 aromatic heterocycles. The number of aryl methyl sites for hydroxylation is 2. The smallest absolute Gasteiger partial charge is 0.0328 e. The van der Waals surface area contributed by atoms with Gasteiger partial charge in [-0.15, -0.1) is 0 Å². The summed E-state index contributed by atoms with van der Waals surface area (Å²) in [5.41, 5.74) is 4.44. The van der Waals surface area contributed by atoms with Crippen molar-refractivity contribution < 1.29 is 0 Å². The largest absolute Gasteiger partial charge is 0.308 e. The first-order chi connectivity index (χ1) is 6.66. The van der Waals surface area contributed by atoms with Crippen LogP contribution in [0.25, 0.3) is 0 Å². The van der Waals surface area contributed by atoms with E-state index in [0.29, 0.717) is 12.1 Å². The van der Waals surface area contributed by atoms with Gasteiger partial charge in [0.25, 0.3) is 0 Å². The van der Waals surface area contributed by atoms with Crippen molar-refractivity contribution in [1.29, 1.82) is 0 Å². The van der Waals surface area contributed by atoms with Crippen molar-refractivity contribution >= 4 is 0 Å². The van der Waals surface area contributed by atoms with Gasteiger partial charge in [0.1, 0.15) is 0 Å². The fraction of sp³-hybridized carbons (Fsp3) is 0.538. The zero-order valence-electron chi connectivity index (χ0n) is 9.30. The summed E-state index contributed by atoms with van der Waals surface area (Å²) in [5.74, 6) is 0. The van der Waals surface area contributed by atoms with E-state index in [9.17, 15) is 0 Å². The monoisotopic (exact) mass is 189 g/mol. The van der Waals surface area contributed by atoms with Crippen LogP contribution in [0.5, 0.6) is 0 Å². The third-order valence-electron chi connectivity index (χ3n) is 2.91. The zero-order chi connectivity index (χ0) is 10.1. The van der Waals surface area contributed by atoms with Gasteiger partial charge in [0.2, 0.25) is 0 Å². The second-order valence-corrected chi connectivity index (χ2v) is 4.61. The van der Waals surface area contributed by atoms with Gasteiger partial charge in [0.05, 0.1) is 0 Å². The van der Waals surface area contributed by atoms with Gasteiger partial charge in [-0.3, -0.25) is 0 Å². The van der Waals surface area contributed by atoms with E-state index in [4.69, 9.17) is 0 Å². The molecule has 1 aromatic rings. The van der Waals surface area contributed by atoms with Crippen LogP contribution < -0.4 is 5.32 Å². The summed E-state index contributed by atoms with van der Waals surface area (Å²) in [6.45, 7) is 6.60. The highest BCUT2D eigenvalue weighted by molar-refractivity contribution is 5.37. The van der Waals surface area contributed by atoms with Crippen molar-refractivity contribution in [2.75, 3.05) is 0 Å². The van der Waals surface area contributed by atoms with E-state index < -0.39 is 0 Å². The van der Waals surface area contributed by atoms with Gasteiger partial charge in [-0.25, -0.2) is 0 Å². The van der Waals surface area contributed by atoms with Crippen LogP contribution in [0.1, 0.15) is 43.0 Å². The molecule has 1 aromatic carbocycles. The maximum Gasteiger partial charge on any atom is 0.0328 e. The molecule has 1 aliphatic rings. The molecule has 0 saturated carbocycles. The maximum absolute atomic E-state index is 3.63. The number of hydrogen-bond donors (Lipinski definition) is 1. The molecule has 1 heteroatoms. The summed E-state index contributed by atoms with van der Waals surface area (Å²) >= 11 is 0. The Morgan fingerprint density at radius 3 is 2.86 bits per heavy atom. The second kappa shape index (κ2) is 3.74. The molecule has 0 aliphatic heterocycles. The normalized spacial score (nSPS) is 20.1. The Bertz CT molecular complexity index is 328. The minimum absolute atomic E-state index is 0.575. The van der Waals surface area contributed by atoms with Gasteiger partial charge in [-0.05, 0) is 30.9 Å². The first-order valence-electron chi connectivity index (χ1n) is 5.52. The van der Waals surface area contributed by atoms with Crippen LogP contribution in [0.15, 0.2) is 18.2 Å². The lowest BCUT2D eigenvalue weighted by Crippen LogP contribution is -2.26. The van der Waals surface area contributed by atoms with Crippen molar-refractivity contribution in [3.8, 4) is 0 Å². The highest BCUT2D eigenvalue weighted by Crippen LogP contribution is 2.31. The van der Waals surface area contributed by atoms with Gasteiger partial charge in [0.15, 0.2) is 0 Å². The van der Waals surface area contributed by atoms with Crippen LogP contribution >= 0.6 is 0 Å². The Hall–Kier alpha value is -0.820. The fourth-order valence-corrected chi connectivity index (χ4v) is 2.30. The molecular formula is C13H19N. The molecule has 1 atom stereocenters. The number of nitrogens with one attached hydrogen (secondary N) is 1. The van der Waals surface area contributed by atoms with Crippen LogP contribution in [-0.2, 0) is 6.42 Å². The minimum atomic E-state index is 0.575. The van der Waals surface area contributed by atoms with Gasteiger partial charge >= 0.3 is 0 Å². The lowest BCUT2D eigenvalue weighted by atomic mass is 10.0. The Balaban J connectivity index is 2.24. The summed E-state index contributed by atoms with van der Waals surface area (Å²) in [4.78, 5) is 0. The molecule has 1 aliphatic carbocycles. The van der Waals surface area contributed by atoms with E-state index in [2.05, 4.69) is 44.3 Å². The molecule has 0 saturated heterocycles. The summed E-state index contributed by atoms with van der Waals surface area (Å²) < 4.78 is 0. The predicted molar refractivity (Wildman–Crippen MR) is 60.5 cm³/mol. The highest BCUT2D eigenvalue weighted by atomic mass is 14.9. The van der Waals surface area contributed by atoms with Crippen LogP contribution in [0.3, 0.4) is 0 Å². The topological polar surface area (TPSA) is 12.0 Å². The standard InChI is InChI=1S/C13H19N/c1-9(2)14-13-7-6-11-5-4-10(3)8-12(11)13/h4-5,8-9,13-14H,6-7H2,1-3H3. The lowest BCUT2D eigenvalue weighted by Gasteiger charge is -2.17. The minimum Gasteiger partial charge on any atom is -0.308 e. The molecule has 0 heterocycles. The molecular weight excluding hydrogens is 170 g/mol. The fourth-order valence-electron chi connectivity index (χ4n) is 2.30. The maximum atomic E-state index is 3.63. The molecule has 76 valence electrons. The highest BCUT2D eigenvalue weighted by Gasteiger charge is 2.22. The van der Waals surface area contributed by atoms with Crippen molar-refractivity contribution in [1.82, 2.24) is 5.32 Å². The number of hydrogen-bond acceptors (Lipinski definition) is 1. The molecule has 0 radical (unpaired) electrons. The molecule has 1 N–H and O–H groups in total. The number of benzene rings is 1. The van der Waals surface area contributed by atoms with Crippen LogP contribution in [0, 0.1) is 6.92 Å². The molecule has 0 spiro atoms. The van der Waals surface area contributed by atoms with Crippen LogP contribution in [0.2, 0.25) is 0 Å². The summed E-state index contributed by atoms with van der Waals surface area (Å²) in [5, 5.41) is 3.63. The Labute approximate surface area is 86.5 Å². The van der Waals surface area contributed by atoms with Crippen molar-refractivity contribution in [2.45, 2.75) is 45.7 Å². The van der Waals surface area contributed by atoms with E-state index in [-0.39, 0.29) is 0 Å². The summed E-state index contributed by atoms with van der Waals surface area (Å²) in [6.07, 6.45) is 2.50. The van der Waals surface area contributed by atoms with E-state index >= 15 is 0 Å². The number of rotatable bonds is 2. The molecule has 1 nitrogen and oxygen atoms in total. The first-order valence-corrected chi connectivity index (χ1v) is 5.52. The summed E-state index contributed by atoms with van der Waals surface area (Å²) in [7, 11) is 0. The Morgan fingerprint density at radius 2 is 2.14 bits per heavy atom. The number of fused-ring (bicyclic) bond motifs is 1. The lowest BCUT2D eigenvalue weighted by molar-refractivity contribution is 0.475. The zero-order valence-corrected chi connectivity index (χ0v) is 9.30. The Kier molecular flexibility index (Phi) is 2.60. The SMILES string of the molecule is Cc1ccc2c(c1)C(NC(C)C)CC2. The van der Waals surface area contributed by atoms with E-state index in [1.807, 2.05) is 0 Å². The van der Waals surface area contributed by atoms with E-state index in [1.165, 1.54) is 29.5 Å². The van der Waals surface area contributed by atoms with Crippen molar-refractivity contribution in [3.63, 3.8) is 0 Å². The van der Waals surface area contributed by atoms with E-state index in [1.54, 1.807) is 0 Å². The molecule has 1 unspecified atom stereocenters. The van der Waals surface area contributed by atoms with Gasteiger partial charge in [-0.1, -0.05) is 37.6 Å². The first kappa shape index (κ1) is 9.72. The van der Waals surface area contributed by atoms with Gasteiger partial charge in [-0.2, -0.15) is 0 Å². The average molecular weight is 189 g/mol. The Morgan fingerprint density at radius 1 is 1.36 bits per heavy atom. The second-order valence-electron chi connectivity index (χ2n) is 4.61. The van der Waals surface area contributed by atoms with Crippen molar-refractivity contribution in [2.24, 2.45) is 0 Å². The van der Waals surface area contributed by atoms with Crippen LogP contribution in [-0.4, -0.2) is 6.04 Å². The predicted octanol–water partition coefficient (Wildman–Crippen LogP) is 2.98. The third-order valence-corrected chi connectivity index (χ3v) is 2.91. The molecule has 0 fully saturated rings. The van der Waals surface area contributed by atoms with E-state index in [0.717, 1.165) is 0 Å². The van der Waals surface area contributed by atoms with Gasteiger partial charge in [0, 0.05) is 12.1 Å². The molecule has 2 rings (SSSR count). The third kappa shape index (κ3) is 1.83. The summed E-state index contributed by atoms with van der Waals surface area (Å²) in [6, 6.07) is 8.00. The van der Waals surface area contributed by atoms with Crippen LogP contribution in [0.4, 0.5) is 0 Å². The van der Waals surface area contributed by atoms with Gasteiger partial charge < -0.3 is 5.32 Å².